The Labute approximate surface area is 178 Å². The molecule has 152 valence electrons. The number of aromatic nitrogens is 2. The molecule has 0 fully saturated rings. The predicted octanol–water partition coefficient (Wildman–Crippen LogP) is 4.78. The van der Waals surface area contributed by atoms with Crippen molar-refractivity contribution in [2.75, 3.05) is 19.0 Å². The highest BCUT2D eigenvalue weighted by molar-refractivity contribution is 8.00. The Balaban J connectivity index is 1.62. The summed E-state index contributed by atoms with van der Waals surface area (Å²) in [7, 11) is 1.55. The van der Waals surface area contributed by atoms with E-state index in [1.54, 1.807) is 42.5 Å². The van der Waals surface area contributed by atoms with E-state index in [1.807, 2.05) is 44.4 Å². The minimum absolute atomic E-state index is 0.119. The topological polar surface area (TPSA) is 73.3 Å². The van der Waals surface area contributed by atoms with E-state index in [4.69, 9.17) is 9.47 Å². The van der Waals surface area contributed by atoms with Crippen molar-refractivity contribution in [2.45, 2.75) is 30.9 Å². The van der Waals surface area contributed by atoms with Gasteiger partial charge in [-0.1, -0.05) is 23.9 Å². The first kappa shape index (κ1) is 21.1. The molecule has 0 saturated carbocycles. The SMILES string of the molecule is COc1cnc(CSc2nc(C)cs2)cc1OCC(=O)Nc1cc(C)ccc1C. The molecule has 3 aromatic rings. The molecule has 0 bridgehead atoms. The largest absolute Gasteiger partial charge is 0.491 e. The zero-order valence-corrected chi connectivity index (χ0v) is 18.4. The van der Waals surface area contributed by atoms with Gasteiger partial charge in [0.25, 0.3) is 5.91 Å². The highest BCUT2D eigenvalue weighted by atomic mass is 32.2. The first-order valence-electron chi connectivity index (χ1n) is 9.02. The number of carbonyl (C=O) groups is 1. The van der Waals surface area contributed by atoms with Crippen molar-refractivity contribution in [1.29, 1.82) is 0 Å². The lowest BCUT2D eigenvalue weighted by molar-refractivity contribution is -0.118. The molecule has 3 rings (SSSR count). The normalized spacial score (nSPS) is 10.6. The molecular weight excluding hydrogens is 406 g/mol. The Bertz CT molecular complexity index is 1000. The molecule has 2 heterocycles. The van der Waals surface area contributed by atoms with E-state index in [0.717, 1.165) is 32.5 Å². The number of hydrogen-bond donors (Lipinski definition) is 1. The monoisotopic (exact) mass is 429 g/mol. The minimum atomic E-state index is -0.230. The number of nitrogens with zero attached hydrogens (tertiary/aromatic N) is 2. The van der Waals surface area contributed by atoms with Crippen LogP contribution < -0.4 is 14.8 Å². The van der Waals surface area contributed by atoms with Crippen molar-refractivity contribution in [1.82, 2.24) is 9.97 Å². The maximum Gasteiger partial charge on any atom is 0.262 e. The number of amides is 1. The van der Waals surface area contributed by atoms with Gasteiger partial charge in [0, 0.05) is 28.6 Å². The number of hydrogen-bond acceptors (Lipinski definition) is 7. The summed E-state index contributed by atoms with van der Waals surface area (Å²) in [6, 6.07) is 7.73. The van der Waals surface area contributed by atoms with Crippen LogP contribution in [-0.2, 0) is 10.5 Å². The van der Waals surface area contributed by atoms with Gasteiger partial charge in [-0.2, -0.15) is 0 Å². The van der Waals surface area contributed by atoms with Gasteiger partial charge in [-0.05, 0) is 38.0 Å². The van der Waals surface area contributed by atoms with Crippen LogP contribution in [0, 0.1) is 20.8 Å². The van der Waals surface area contributed by atoms with E-state index in [-0.39, 0.29) is 12.5 Å². The zero-order chi connectivity index (χ0) is 20.8. The van der Waals surface area contributed by atoms with Crippen molar-refractivity contribution in [3.05, 3.63) is 58.4 Å². The van der Waals surface area contributed by atoms with E-state index < -0.39 is 0 Å². The van der Waals surface area contributed by atoms with Crippen LogP contribution in [0.1, 0.15) is 22.5 Å². The fourth-order valence-corrected chi connectivity index (χ4v) is 4.30. The molecule has 1 amide bonds. The Hall–Kier alpha value is -2.58. The van der Waals surface area contributed by atoms with Crippen LogP contribution in [0.15, 0.2) is 40.2 Å². The molecule has 2 aromatic heterocycles. The molecule has 1 N–H and O–H groups in total. The lowest BCUT2D eigenvalue weighted by atomic mass is 10.1. The lowest BCUT2D eigenvalue weighted by Gasteiger charge is -2.13. The zero-order valence-electron chi connectivity index (χ0n) is 16.8. The number of nitrogens with one attached hydrogen (secondary N) is 1. The second-order valence-electron chi connectivity index (χ2n) is 6.53. The number of methoxy groups -OCH3 is 1. The summed E-state index contributed by atoms with van der Waals surface area (Å²) in [6.07, 6.45) is 1.61. The maximum atomic E-state index is 12.3. The number of pyridine rings is 1. The summed E-state index contributed by atoms with van der Waals surface area (Å²) < 4.78 is 12.0. The predicted molar refractivity (Wildman–Crippen MR) is 117 cm³/mol. The van der Waals surface area contributed by atoms with Crippen LogP contribution in [0.5, 0.6) is 11.5 Å². The van der Waals surface area contributed by atoms with Crippen LogP contribution in [0.2, 0.25) is 0 Å². The number of thiazole rings is 1. The van der Waals surface area contributed by atoms with Crippen LogP contribution in [-0.4, -0.2) is 29.6 Å². The van der Waals surface area contributed by atoms with Gasteiger partial charge in [0.1, 0.15) is 4.34 Å². The number of aryl methyl sites for hydroxylation is 3. The van der Waals surface area contributed by atoms with Crippen LogP contribution in [0.4, 0.5) is 5.69 Å². The van der Waals surface area contributed by atoms with Crippen molar-refractivity contribution in [2.24, 2.45) is 0 Å². The van der Waals surface area contributed by atoms with E-state index >= 15 is 0 Å². The highest BCUT2D eigenvalue weighted by Crippen LogP contribution is 2.30. The molecule has 0 aliphatic rings. The Morgan fingerprint density at radius 2 is 2.03 bits per heavy atom. The number of ether oxygens (including phenoxy) is 2. The average Bonchev–Trinajstić information content (AvgIpc) is 3.13. The van der Waals surface area contributed by atoms with Gasteiger partial charge in [-0.25, -0.2) is 4.98 Å². The Morgan fingerprint density at radius 1 is 1.21 bits per heavy atom. The first-order valence-corrected chi connectivity index (χ1v) is 10.9. The minimum Gasteiger partial charge on any atom is -0.491 e. The van der Waals surface area contributed by atoms with Gasteiger partial charge in [-0.3, -0.25) is 9.78 Å². The Kier molecular flexibility index (Phi) is 7.11. The van der Waals surface area contributed by atoms with Gasteiger partial charge < -0.3 is 14.8 Å². The van der Waals surface area contributed by atoms with Gasteiger partial charge in [0.2, 0.25) is 0 Å². The molecule has 0 radical (unpaired) electrons. The third-order valence-electron chi connectivity index (χ3n) is 4.08. The van der Waals surface area contributed by atoms with E-state index in [1.165, 1.54) is 0 Å². The summed E-state index contributed by atoms with van der Waals surface area (Å²) in [4.78, 5) is 21.2. The summed E-state index contributed by atoms with van der Waals surface area (Å²) >= 11 is 3.23. The third kappa shape index (κ3) is 5.95. The first-order chi connectivity index (χ1) is 13.9. The molecule has 29 heavy (non-hydrogen) atoms. The fourth-order valence-electron chi connectivity index (χ4n) is 2.54. The highest BCUT2D eigenvalue weighted by Gasteiger charge is 2.12. The summed E-state index contributed by atoms with van der Waals surface area (Å²) in [5.74, 6) is 1.40. The van der Waals surface area contributed by atoms with Crippen molar-refractivity contribution < 1.29 is 14.3 Å². The van der Waals surface area contributed by atoms with Gasteiger partial charge in [0.15, 0.2) is 18.1 Å². The van der Waals surface area contributed by atoms with Crippen molar-refractivity contribution in [3.63, 3.8) is 0 Å². The van der Waals surface area contributed by atoms with Gasteiger partial charge >= 0.3 is 0 Å². The molecular formula is C21H23N3O3S2. The molecule has 8 heteroatoms. The molecule has 0 spiro atoms. The lowest BCUT2D eigenvalue weighted by Crippen LogP contribution is -2.21. The van der Waals surface area contributed by atoms with Crippen LogP contribution in [0.3, 0.4) is 0 Å². The molecule has 0 aliphatic heterocycles. The van der Waals surface area contributed by atoms with Crippen LogP contribution in [0.25, 0.3) is 0 Å². The van der Waals surface area contributed by atoms with Crippen LogP contribution >= 0.6 is 23.1 Å². The quantitative estimate of drug-likeness (QED) is 0.520. The van der Waals surface area contributed by atoms with E-state index in [9.17, 15) is 4.79 Å². The molecule has 6 nitrogen and oxygen atoms in total. The fraction of sp³-hybridized carbons (Fsp3) is 0.286. The second-order valence-corrected chi connectivity index (χ2v) is 8.61. The maximum absolute atomic E-state index is 12.3. The van der Waals surface area contributed by atoms with Crippen molar-refractivity contribution in [3.8, 4) is 11.5 Å². The summed E-state index contributed by atoms with van der Waals surface area (Å²) in [6.45, 7) is 5.79. The number of rotatable bonds is 8. The average molecular weight is 430 g/mol. The summed E-state index contributed by atoms with van der Waals surface area (Å²) in [5.41, 5.74) is 4.71. The van der Waals surface area contributed by atoms with Gasteiger partial charge in [-0.15, -0.1) is 11.3 Å². The third-order valence-corrected chi connectivity index (χ3v) is 6.25. The number of anilines is 1. The number of carbonyl (C=O) groups excluding carboxylic acids is 1. The smallest absolute Gasteiger partial charge is 0.262 e. The van der Waals surface area contributed by atoms with Gasteiger partial charge in [0.05, 0.1) is 19.0 Å². The summed E-state index contributed by atoms with van der Waals surface area (Å²) in [5, 5.41) is 4.91. The number of thioether (sulfide) groups is 1. The van der Waals surface area contributed by atoms with E-state index in [0.29, 0.717) is 17.3 Å². The van der Waals surface area contributed by atoms with E-state index in [2.05, 4.69) is 15.3 Å². The molecule has 1 aromatic carbocycles. The molecule has 0 atom stereocenters. The standard InChI is InChI=1S/C21H23N3O3S2/c1-13-5-6-14(2)17(7-13)24-20(25)10-27-18-8-16(22-9-19(18)26-4)12-29-21-23-15(3)11-28-21/h5-9,11H,10,12H2,1-4H3,(H,24,25). The molecule has 0 saturated heterocycles. The van der Waals surface area contributed by atoms with Crippen molar-refractivity contribution >= 4 is 34.7 Å². The molecule has 0 unspecified atom stereocenters. The number of benzene rings is 1. The molecule has 0 aliphatic carbocycles. The second kappa shape index (κ2) is 9.76. The Morgan fingerprint density at radius 3 is 2.76 bits per heavy atom.